The van der Waals surface area contributed by atoms with E-state index in [2.05, 4.69) is 5.32 Å². The maximum Gasteiger partial charge on any atom is 0.159 e. The van der Waals surface area contributed by atoms with E-state index in [4.69, 9.17) is 0 Å². The molecule has 2 aromatic carbocycles. The van der Waals surface area contributed by atoms with Crippen LogP contribution in [0.25, 0.3) is 0 Å². The van der Waals surface area contributed by atoms with Gasteiger partial charge < -0.3 is 5.32 Å². The van der Waals surface area contributed by atoms with Crippen molar-refractivity contribution in [2.45, 2.75) is 26.8 Å². The van der Waals surface area contributed by atoms with E-state index < -0.39 is 5.82 Å². The number of Topliss-reactive ketones (excluding diaryl/α,β-unsaturated/α-hetero) is 2. The van der Waals surface area contributed by atoms with Crippen LogP contribution in [0.5, 0.6) is 0 Å². The van der Waals surface area contributed by atoms with Crippen molar-refractivity contribution in [1.29, 1.82) is 0 Å². The van der Waals surface area contributed by atoms with Crippen molar-refractivity contribution in [3.05, 3.63) is 70.5 Å². The molecule has 0 saturated carbocycles. The van der Waals surface area contributed by atoms with Crippen LogP contribution in [0.4, 0.5) is 4.39 Å². The summed E-state index contributed by atoms with van der Waals surface area (Å²) >= 11 is 0. The largest absolute Gasteiger partial charge is 0.306 e. The van der Waals surface area contributed by atoms with Crippen LogP contribution < -0.4 is 5.32 Å². The first-order chi connectivity index (χ1) is 11.0. The summed E-state index contributed by atoms with van der Waals surface area (Å²) < 4.78 is 13.7. The van der Waals surface area contributed by atoms with Crippen molar-refractivity contribution in [2.24, 2.45) is 0 Å². The lowest BCUT2D eigenvalue weighted by Crippen LogP contribution is -2.24. The Kier molecular flexibility index (Phi) is 5.77. The second kappa shape index (κ2) is 7.79. The van der Waals surface area contributed by atoms with Crippen LogP contribution >= 0.6 is 0 Å². The van der Waals surface area contributed by atoms with Crippen LogP contribution in [-0.2, 0) is 17.8 Å². The molecule has 2 aromatic rings. The minimum atomic E-state index is -0.456. The Morgan fingerprint density at radius 1 is 1.13 bits per heavy atom. The standard InChI is InChI=1S/C19H20FNO2/c1-13-4-3-5-15(8-13)11-21-12-18(23)10-17-9-16(14(2)22)6-7-19(17)20/h3-9,21H,10-12H2,1-2H3. The molecule has 3 nitrogen and oxygen atoms in total. The van der Waals surface area contributed by atoms with Gasteiger partial charge in [-0.05, 0) is 43.2 Å². The Hall–Kier alpha value is -2.33. The van der Waals surface area contributed by atoms with Gasteiger partial charge in [0.05, 0.1) is 6.54 Å². The molecular weight excluding hydrogens is 293 g/mol. The van der Waals surface area contributed by atoms with E-state index in [-0.39, 0.29) is 30.1 Å². The van der Waals surface area contributed by atoms with Gasteiger partial charge in [0.1, 0.15) is 5.82 Å². The molecule has 0 aliphatic rings. The summed E-state index contributed by atoms with van der Waals surface area (Å²) in [7, 11) is 0. The molecule has 0 atom stereocenters. The fraction of sp³-hybridized carbons (Fsp3) is 0.263. The van der Waals surface area contributed by atoms with Gasteiger partial charge in [-0.15, -0.1) is 0 Å². The van der Waals surface area contributed by atoms with Crippen LogP contribution in [0.2, 0.25) is 0 Å². The van der Waals surface area contributed by atoms with Crippen molar-refractivity contribution in [3.63, 3.8) is 0 Å². The number of benzene rings is 2. The highest BCUT2D eigenvalue weighted by molar-refractivity contribution is 5.94. The minimum Gasteiger partial charge on any atom is -0.306 e. The van der Waals surface area contributed by atoms with E-state index in [1.807, 2.05) is 31.2 Å². The monoisotopic (exact) mass is 313 g/mol. The fourth-order valence-electron chi connectivity index (χ4n) is 2.37. The van der Waals surface area contributed by atoms with E-state index in [1.165, 1.54) is 30.7 Å². The first kappa shape index (κ1) is 17.0. The lowest BCUT2D eigenvalue weighted by Gasteiger charge is -2.07. The van der Waals surface area contributed by atoms with E-state index >= 15 is 0 Å². The van der Waals surface area contributed by atoms with E-state index in [1.54, 1.807) is 0 Å². The highest BCUT2D eigenvalue weighted by Crippen LogP contribution is 2.12. The van der Waals surface area contributed by atoms with Crippen molar-refractivity contribution < 1.29 is 14.0 Å². The maximum absolute atomic E-state index is 13.7. The molecule has 0 aromatic heterocycles. The van der Waals surface area contributed by atoms with Gasteiger partial charge >= 0.3 is 0 Å². The Bertz CT molecular complexity index is 725. The van der Waals surface area contributed by atoms with Gasteiger partial charge in [0, 0.05) is 18.5 Å². The van der Waals surface area contributed by atoms with Crippen molar-refractivity contribution in [1.82, 2.24) is 5.32 Å². The van der Waals surface area contributed by atoms with Gasteiger partial charge in [0.15, 0.2) is 11.6 Å². The number of hydrogen-bond donors (Lipinski definition) is 1. The number of ketones is 2. The second-order valence-corrected chi connectivity index (χ2v) is 5.67. The summed E-state index contributed by atoms with van der Waals surface area (Å²) in [6.45, 7) is 4.18. The summed E-state index contributed by atoms with van der Waals surface area (Å²) in [5, 5.41) is 3.07. The van der Waals surface area contributed by atoms with E-state index in [9.17, 15) is 14.0 Å². The van der Waals surface area contributed by atoms with Gasteiger partial charge in [-0.25, -0.2) is 4.39 Å². The topological polar surface area (TPSA) is 46.2 Å². The van der Waals surface area contributed by atoms with Gasteiger partial charge in [0.25, 0.3) is 0 Å². The number of aryl methyl sites for hydroxylation is 1. The normalized spacial score (nSPS) is 10.6. The Morgan fingerprint density at radius 3 is 2.61 bits per heavy atom. The zero-order chi connectivity index (χ0) is 16.8. The molecule has 1 N–H and O–H groups in total. The van der Waals surface area contributed by atoms with Gasteiger partial charge in [0.2, 0.25) is 0 Å². The molecule has 23 heavy (non-hydrogen) atoms. The van der Waals surface area contributed by atoms with E-state index in [0.717, 1.165) is 5.56 Å². The molecule has 0 spiro atoms. The van der Waals surface area contributed by atoms with Crippen LogP contribution in [-0.4, -0.2) is 18.1 Å². The summed E-state index contributed by atoms with van der Waals surface area (Å²) in [4.78, 5) is 23.3. The first-order valence-electron chi connectivity index (χ1n) is 7.53. The molecular formula is C19H20FNO2. The van der Waals surface area contributed by atoms with Crippen LogP contribution in [0.1, 0.15) is 34.0 Å². The Morgan fingerprint density at radius 2 is 1.91 bits per heavy atom. The van der Waals surface area contributed by atoms with Gasteiger partial charge in [-0.2, -0.15) is 0 Å². The number of nitrogens with one attached hydrogen (secondary N) is 1. The molecule has 0 aliphatic heterocycles. The molecule has 0 radical (unpaired) electrons. The summed E-state index contributed by atoms with van der Waals surface area (Å²) in [5.74, 6) is -0.712. The third-order valence-corrected chi connectivity index (χ3v) is 3.57. The number of carbonyl (C=O) groups is 2. The summed E-state index contributed by atoms with van der Waals surface area (Å²) in [5.41, 5.74) is 2.95. The summed E-state index contributed by atoms with van der Waals surface area (Å²) in [6, 6.07) is 12.1. The molecule has 2 rings (SSSR count). The van der Waals surface area contributed by atoms with E-state index in [0.29, 0.717) is 12.1 Å². The smallest absolute Gasteiger partial charge is 0.159 e. The van der Waals surface area contributed by atoms with Crippen LogP contribution in [0.15, 0.2) is 42.5 Å². The number of halogens is 1. The maximum atomic E-state index is 13.7. The highest BCUT2D eigenvalue weighted by Gasteiger charge is 2.10. The third-order valence-electron chi connectivity index (χ3n) is 3.57. The summed E-state index contributed by atoms with van der Waals surface area (Å²) in [6.07, 6.45) is -0.0201. The zero-order valence-corrected chi connectivity index (χ0v) is 13.4. The lowest BCUT2D eigenvalue weighted by molar-refractivity contribution is -0.117. The minimum absolute atomic E-state index is 0.0201. The average molecular weight is 313 g/mol. The van der Waals surface area contributed by atoms with Gasteiger partial charge in [-0.1, -0.05) is 29.8 Å². The first-order valence-corrected chi connectivity index (χ1v) is 7.53. The number of rotatable bonds is 7. The van der Waals surface area contributed by atoms with Crippen molar-refractivity contribution in [3.8, 4) is 0 Å². The molecule has 0 saturated heterocycles. The quantitative estimate of drug-likeness (QED) is 0.798. The van der Waals surface area contributed by atoms with Crippen molar-refractivity contribution in [2.75, 3.05) is 6.54 Å². The molecule has 0 unspecified atom stereocenters. The SMILES string of the molecule is CC(=O)c1ccc(F)c(CC(=O)CNCc2cccc(C)c2)c1. The molecule has 0 fully saturated rings. The predicted octanol–water partition coefficient (Wildman–Crippen LogP) is 3.24. The molecule has 0 amide bonds. The Balaban J connectivity index is 1.90. The Labute approximate surface area is 135 Å². The third kappa shape index (κ3) is 5.11. The van der Waals surface area contributed by atoms with Crippen LogP contribution in [0, 0.1) is 12.7 Å². The second-order valence-electron chi connectivity index (χ2n) is 5.67. The molecule has 4 heteroatoms. The highest BCUT2D eigenvalue weighted by atomic mass is 19.1. The van der Waals surface area contributed by atoms with Gasteiger partial charge in [-0.3, -0.25) is 9.59 Å². The number of hydrogen-bond acceptors (Lipinski definition) is 3. The predicted molar refractivity (Wildman–Crippen MR) is 88.0 cm³/mol. The fourth-order valence-corrected chi connectivity index (χ4v) is 2.37. The van der Waals surface area contributed by atoms with Crippen molar-refractivity contribution >= 4 is 11.6 Å². The molecule has 120 valence electrons. The number of carbonyl (C=O) groups excluding carboxylic acids is 2. The lowest BCUT2D eigenvalue weighted by atomic mass is 10.0. The molecule has 0 aliphatic carbocycles. The average Bonchev–Trinajstić information content (AvgIpc) is 2.49. The molecule has 0 bridgehead atoms. The zero-order valence-electron chi connectivity index (χ0n) is 13.4. The molecule has 0 heterocycles. The van der Waals surface area contributed by atoms with Crippen LogP contribution in [0.3, 0.4) is 0 Å².